The fraction of sp³-hybridized carbons (Fsp3) is 0.364. The highest BCUT2D eigenvalue weighted by Crippen LogP contribution is 2.15. The second kappa shape index (κ2) is 6.72. The highest BCUT2D eigenvalue weighted by molar-refractivity contribution is 9.09. The van der Waals surface area contributed by atoms with Crippen molar-refractivity contribution in [3.63, 3.8) is 0 Å². The van der Waals surface area contributed by atoms with Gasteiger partial charge in [-0.25, -0.2) is 17.6 Å². The third-order valence-electron chi connectivity index (χ3n) is 2.18. The van der Waals surface area contributed by atoms with E-state index >= 15 is 0 Å². The molecule has 0 fully saturated rings. The molecule has 2 nitrogen and oxygen atoms in total. The van der Waals surface area contributed by atoms with Crippen LogP contribution in [0.4, 0.5) is 17.6 Å². The SMILES string of the molecule is O=C(c1c(F)cccc1F)N(CCBr)CC(F)F. The van der Waals surface area contributed by atoms with Crippen molar-refractivity contribution in [3.05, 3.63) is 35.4 Å². The second-order valence-corrected chi connectivity index (χ2v) is 4.22. The fourth-order valence-electron chi connectivity index (χ4n) is 1.40. The highest BCUT2D eigenvalue weighted by Gasteiger charge is 2.24. The van der Waals surface area contributed by atoms with Gasteiger partial charge in [0, 0.05) is 11.9 Å². The van der Waals surface area contributed by atoms with Gasteiger partial charge in [0.15, 0.2) is 0 Å². The Morgan fingerprint density at radius 1 is 1.28 bits per heavy atom. The molecule has 0 radical (unpaired) electrons. The van der Waals surface area contributed by atoms with E-state index in [0.717, 1.165) is 18.2 Å². The Morgan fingerprint density at radius 3 is 2.28 bits per heavy atom. The maximum atomic E-state index is 13.4. The lowest BCUT2D eigenvalue weighted by atomic mass is 10.1. The molecule has 1 aromatic rings. The Balaban J connectivity index is 3.01. The van der Waals surface area contributed by atoms with Crippen molar-refractivity contribution < 1.29 is 22.4 Å². The highest BCUT2D eigenvalue weighted by atomic mass is 79.9. The van der Waals surface area contributed by atoms with E-state index in [-0.39, 0.29) is 11.9 Å². The molecule has 0 saturated heterocycles. The molecule has 0 aromatic heterocycles. The Labute approximate surface area is 110 Å². The van der Waals surface area contributed by atoms with Crippen LogP contribution in [0.3, 0.4) is 0 Å². The molecule has 0 unspecified atom stereocenters. The quantitative estimate of drug-likeness (QED) is 0.601. The van der Waals surface area contributed by atoms with Crippen LogP contribution in [0.5, 0.6) is 0 Å². The summed E-state index contributed by atoms with van der Waals surface area (Å²) in [7, 11) is 0. The van der Waals surface area contributed by atoms with Gasteiger partial charge in [0.05, 0.1) is 6.54 Å². The summed E-state index contributed by atoms with van der Waals surface area (Å²) in [5.41, 5.74) is -0.806. The monoisotopic (exact) mass is 327 g/mol. The predicted molar refractivity (Wildman–Crippen MR) is 62.1 cm³/mol. The van der Waals surface area contributed by atoms with E-state index in [4.69, 9.17) is 0 Å². The molecular weight excluding hydrogens is 318 g/mol. The first-order valence-corrected chi connectivity index (χ1v) is 6.17. The van der Waals surface area contributed by atoms with Gasteiger partial charge in [0.25, 0.3) is 12.3 Å². The molecule has 0 spiro atoms. The molecule has 0 bridgehead atoms. The Bertz CT molecular complexity index is 407. The molecule has 0 heterocycles. The molecule has 100 valence electrons. The molecule has 7 heteroatoms. The van der Waals surface area contributed by atoms with Gasteiger partial charge in [-0.3, -0.25) is 4.79 Å². The van der Waals surface area contributed by atoms with Crippen LogP contribution < -0.4 is 0 Å². The summed E-state index contributed by atoms with van der Waals surface area (Å²) in [5.74, 6) is -3.20. The third kappa shape index (κ3) is 3.69. The molecule has 18 heavy (non-hydrogen) atoms. The van der Waals surface area contributed by atoms with Gasteiger partial charge in [0.2, 0.25) is 0 Å². The van der Waals surface area contributed by atoms with E-state index in [1.54, 1.807) is 0 Å². The smallest absolute Gasteiger partial charge is 0.260 e. The van der Waals surface area contributed by atoms with Crippen molar-refractivity contribution in [2.45, 2.75) is 6.43 Å². The molecule has 0 N–H and O–H groups in total. The van der Waals surface area contributed by atoms with Gasteiger partial charge in [0.1, 0.15) is 17.2 Å². The van der Waals surface area contributed by atoms with Crippen LogP contribution in [0.2, 0.25) is 0 Å². The summed E-state index contributed by atoms with van der Waals surface area (Å²) in [6, 6.07) is 2.92. The van der Waals surface area contributed by atoms with Crippen molar-refractivity contribution in [2.75, 3.05) is 18.4 Å². The van der Waals surface area contributed by atoms with Gasteiger partial charge in [-0.2, -0.15) is 0 Å². The van der Waals surface area contributed by atoms with Gasteiger partial charge in [-0.15, -0.1) is 0 Å². The summed E-state index contributed by atoms with van der Waals surface area (Å²) < 4.78 is 51.3. The van der Waals surface area contributed by atoms with Crippen molar-refractivity contribution in [2.24, 2.45) is 0 Å². The van der Waals surface area contributed by atoms with E-state index in [2.05, 4.69) is 15.9 Å². The van der Waals surface area contributed by atoms with E-state index in [1.165, 1.54) is 0 Å². The second-order valence-electron chi connectivity index (χ2n) is 3.43. The molecule has 0 aliphatic rings. The van der Waals surface area contributed by atoms with Crippen molar-refractivity contribution >= 4 is 21.8 Å². The number of alkyl halides is 3. The van der Waals surface area contributed by atoms with E-state index in [1.807, 2.05) is 0 Å². The van der Waals surface area contributed by atoms with Crippen LogP contribution in [0.25, 0.3) is 0 Å². The zero-order valence-electron chi connectivity index (χ0n) is 9.18. The molecule has 0 aliphatic heterocycles. The minimum Gasteiger partial charge on any atom is -0.332 e. The summed E-state index contributed by atoms with van der Waals surface area (Å²) in [6.07, 6.45) is -2.76. The molecular formula is C11H10BrF4NO. The first kappa shape index (κ1) is 14.9. The molecule has 0 aliphatic carbocycles. The Hall–Kier alpha value is -1.11. The minimum absolute atomic E-state index is 0.0586. The first-order valence-electron chi connectivity index (χ1n) is 5.04. The van der Waals surface area contributed by atoms with Gasteiger partial charge < -0.3 is 4.90 Å². The molecule has 0 atom stereocenters. The summed E-state index contributed by atoms with van der Waals surface area (Å²) in [5, 5.41) is 0.238. The van der Waals surface area contributed by atoms with Crippen LogP contribution >= 0.6 is 15.9 Å². The topological polar surface area (TPSA) is 20.3 Å². The number of hydrogen-bond acceptors (Lipinski definition) is 1. The lowest BCUT2D eigenvalue weighted by molar-refractivity contribution is 0.0564. The normalized spacial score (nSPS) is 10.8. The number of hydrogen-bond donors (Lipinski definition) is 0. The summed E-state index contributed by atoms with van der Waals surface area (Å²) >= 11 is 2.99. The zero-order valence-corrected chi connectivity index (χ0v) is 10.8. The van der Waals surface area contributed by atoms with E-state index < -0.39 is 36.1 Å². The largest absolute Gasteiger partial charge is 0.332 e. The summed E-state index contributed by atoms with van der Waals surface area (Å²) in [4.78, 5) is 12.5. The van der Waals surface area contributed by atoms with Crippen LogP contribution in [-0.4, -0.2) is 35.7 Å². The maximum Gasteiger partial charge on any atom is 0.260 e. The molecule has 1 rings (SSSR count). The lowest BCUT2D eigenvalue weighted by Crippen LogP contribution is -2.37. The van der Waals surface area contributed by atoms with Gasteiger partial charge >= 0.3 is 0 Å². The van der Waals surface area contributed by atoms with Crippen LogP contribution in [0.1, 0.15) is 10.4 Å². The first-order chi connectivity index (χ1) is 8.47. The van der Waals surface area contributed by atoms with Crippen LogP contribution in [0.15, 0.2) is 18.2 Å². The number of carbonyl (C=O) groups is 1. The van der Waals surface area contributed by atoms with E-state index in [0.29, 0.717) is 4.90 Å². The Morgan fingerprint density at radius 2 is 1.83 bits per heavy atom. The summed E-state index contributed by atoms with van der Waals surface area (Å²) in [6.45, 7) is -0.921. The number of benzene rings is 1. The average Bonchev–Trinajstić information content (AvgIpc) is 2.27. The third-order valence-corrected chi connectivity index (χ3v) is 2.53. The van der Waals surface area contributed by atoms with Crippen molar-refractivity contribution in [1.29, 1.82) is 0 Å². The molecule has 1 aromatic carbocycles. The number of rotatable bonds is 5. The number of carbonyl (C=O) groups excluding carboxylic acids is 1. The predicted octanol–water partition coefficient (Wildman–Crippen LogP) is 3.07. The van der Waals surface area contributed by atoms with Crippen LogP contribution in [0, 0.1) is 11.6 Å². The van der Waals surface area contributed by atoms with Crippen LogP contribution in [-0.2, 0) is 0 Å². The Kier molecular flexibility index (Phi) is 5.58. The standard InChI is InChI=1S/C11H10BrF4NO/c12-4-5-17(6-9(15)16)11(18)10-7(13)2-1-3-8(10)14/h1-3,9H,4-6H2. The number of halogens is 5. The average molecular weight is 328 g/mol. The van der Waals surface area contributed by atoms with Gasteiger partial charge in [-0.05, 0) is 12.1 Å². The number of amides is 1. The molecule has 0 saturated carbocycles. The number of nitrogens with zero attached hydrogens (tertiary/aromatic N) is 1. The fourth-order valence-corrected chi connectivity index (χ4v) is 1.83. The zero-order chi connectivity index (χ0) is 13.7. The van der Waals surface area contributed by atoms with Crippen molar-refractivity contribution in [3.8, 4) is 0 Å². The lowest BCUT2D eigenvalue weighted by Gasteiger charge is -2.21. The maximum absolute atomic E-state index is 13.4. The van der Waals surface area contributed by atoms with E-state index in [9.17, 15) is 22.4 Å². The minimum atomic E-state index is -2.76. The van der Waals surface area contributed by atoms with Crippen molar-refractivity contribution in [1.82, 2.24) is 4.90 Å². The molecule has 1 amide bonds. The van der Waals surface area contributed by atoms with Gasteiger partial charge in [-0.1, -0.05) is 22.0 Å².